The van der Waals surface area contributed by atoms with Crippen molar-refractivity contribution in [3.8, 4) is 11.8 Å². The van der Waals surface area contributed by atoms with Crippen molar-refractivity contribution in [2.75, 3.05) is 39.2 Å². The minimum atomic E-state index is 0.522. The Bertz CT molecular complexity index is 469. The Labute approximate surface area is 132 Å². The lowest BCUT2D eigenvalue weighted by Gasteiger charge is -2.23. The Kier molecular flexibility index (Phi) is 4.97. The normalized spacial score (nSPS) is 22.9. The second-order valence-corrected chi connectivity index (χ2v) is 6.25. The summed E-state index contributed by atoms with van der Waals surface area (Å²) >= 11 is 0. The molecule has 0 aromatic carbocycles. The summed E-state index contributed by atoms with van der Waals surface area (Å²) in [5.74, 6) is 2.29. The molecule has 1 aromatic heterocycles. The number of methoxy groups -OCH3 is 2. The molecule has 1 aromatic rings. The number of nitrogens with zero attached hydrogens (tertiary/aromatic N) is 3. The lowest BCUT2D eigenvalue weighted by atomic mass is 10.1. The van der Waals surface area contributed by atoms with E-state index in [9.17, 15) is 0 Å². The van der Waals surface area contributed by atoms with Crippen LogP contribution in [0.25, 0.3) is 0 Å². The van der Waals surface area contributed by atoms with Gasteiger partial charge in [0.25, 0.3) is 0 Å². The Morgan fingerprint density at radius 3 is 2.45 bits per heavy atom. The minimum Gasteiger partial charge on any atom is -0.481 e. The van der Waals surface area contributed by atoms with Gasteiger partial charge in [-0.2, -0.15) is 9.97 Å². The van der Waals surface area contributed by atoms with E-state index in [1.807, 2.05) is 0 Å². The molecule has 1 aliphatic carbocycles. The molecule has 0 amide bonds. The number of ether oxygens (including phenoxy) is 2. The minimum absolute atomic E-state index is 0.522. The number of anilines is 1. The zero-order valence-electron chi connectivity index (χ0n) is 13.5. The standard InChI is InChI=1S/C16H26N4O2/c1-21-14-9-15(22-2)19-16(18-14)17-10-12-7-8-20(11-12)13-5-3-4-6-13/h9,12-13H,3-8,10-11H2,1-2H3,(H,17,18,19). The number of rotatable bonds is 6. The molecule has 1 atom stereocenters. The molecule has 22 heavy (non-hydrogen) atoms. The molecule has 2 fully saturated rings. The van der Waals surface area contributed by atoms with Crippen molar-refractivity contribution in [3.05, 3.63) is 6.07 Å². The predicted octanol–water partition coefficient (Wildman–Crippen LogP) is 2.17. The summed E-state index contributed by atoms with van der Waals surface area (Å²) < 4.78 is 10.3. The SMILES string of the molecule is COc1cc(OC)nc(NCC2CCN(C3CCCC3)C2)n1. The van der Waals surface area contributed by atoms with Gasteiger partial charge >= 0.3 is 0 Å². The maximum absolute atomic E-state index is 5.17. The maximum Gasteiger partial charge on any atom is 0.229 e. The molecule has 1 saturated heterocycles. The molecule has 0 radical (unpaired) electrons. The van der Waals surface area contributed by atoms with Gasteiger partial charge in [0, 0.05) is 19.1 Å². The van der Waals surface area contributed by atoms with Crippen LogP contribution in [0.1, 0.15) is 32.1 Å². The molecule has 6 heteroatoms. The van der Waals surface area contributed by atoms with Crippen LogP contribution in [0.2, 0.25) is 0 Å². The van der Waals surface area contributed by atoms with Gasteiger partial charge < -0.3 is 19.7 Å². The van der Waals surface area contributed by atoms with Gasteiger partial charge in [0.2, 0.25) is 17.7 Å². The van der Waals surface area contributed by atoms with Gasteiger partial charge in [-0.1, -0.05) is 12.8 Å². The zero-order chi connectivity index (χ0) is 15.4. The second kappa shape index (κ2) is 7.13. The van der Waals surface area contributed by atoms with E-state index in [1.165, 1.54) is 45.2 Å². The third-order valence-electron chi connectivity index (χ3n) is 4.80. The summed E-state index contributed by atoms with van der Waals surface area (Å²) in [6.45, 7) is 3.33. The van der Waals surface area contributed by atoms with Gasteiger partial charge in [0.15, 0.2) is 0 Å². The van der Waals surface area contributed by atoms with E-state index in [1.54, 1.807) is 20.3 Å². The summed E-state index contributed by atoms with van der Waals surface area (Å²) in [7, 11) is 3.20. The highest BCUT2D eigenvalue weighted by molar-refractivity contribution is 5.33. The molecular weight excluding hydrogens is 280 g/mol. The van der Waals surface area contributed by atoms with Gasteiger partial charge in [-0.05, 0) is 31.7 Å². The van der Waals surface area contributed by atoms with Crippen LogP contribution in [0.5, 0.6) is 11.8 Å². The van der Waals surface area contributed by atoms with Crippen molar-refractivity contribution in [2.45, 2.75) is 38.1 Å². The fourth-order valence-corrected chi connectivity index (χ4v) is 3.56. The molecule has 1 N–H and O–H groups in total. The Morgan fingerprint density at radius 1 is 1.14 bits per heavy atom. The average Bonchev–Trinajstić information content (AvgIpc) is 3.23. The van der Waals surface area contributed by atoms with Crippen molar-refractivity contribution in [3.63, 3.8) is 0 Å². The molecule has 122 valence electrons. The Hall–Kier alpha value is -1.56. The average molecular weight is 306 g/mol. The number of nitrogens with one attached hydrogen (secondary N) is 1. The molecule has 0 spiro atoms. The number of likely N-dealkylation sites (tertiary alicyclic amines) is 1. The van der Waals surface area contributed by atoms with E-state index in [2.05, 4.69) is 20.2 Å². The highest BCUT2D eigenvalue weighted by Gasteiger charge is 2.29. The Morgan fingerprint density at radius 2 is 1.82 bits per heavy atom. The fourth-order valence-electron chi connectivity index (χ4n) is 3.56. The summed E-state index contributed by atoms with van der Waals surface area (Å²) in [4.78, 5) is 11.3. The van der Waals surface area contributed by atoms with E-state index in [0.29, 0.717) is 23.6 Å². The van der Waals surface area contributed by atoms with E-state index >= 15 is 0 Å². The maximum atomic E-state index is 5.17. The molecule has 1 unspecified atom stereocenters. The molecule has 2 heterocycles. The molecule has 1 saturated carbocycles. The number of aromatic nitrogens is 2. The number of hydrogen-bond acceptors (Lipinski definition) is 6. The first-order chi connectivity index (χ1) is 10.8. The van der Waals surface area contributed by atoms with Gasteiger partial charge in [0.05, 0.1) is 20.3 Å². The highest BCUT2D eigenvalue weighted by Crippen LogP contribution is 2.28. The first-order valence-electron chi connectivity index (χ1n) is 8.23. The van der Waals surface area contributed by atoms with E-state index in [0.717, 1.165) is 12.6 Å². The molecule has 2 aliphatic rings. The third kappa shape index (κ3) is 3.61. The smallest absolute Gasteiger partial charge is 0.229 e. The van der Waals surface area contributed by atoms with Gasteiger partial charge in [0.1, 0.15) is 0 Å². The fraction of sp³-hybridized carbons (Fsp3) is 0.750. The van der Waals surface area contributed by atoms with Crippen molar-refractivity contribution in [1.82, 2.24) is 14.9 Å². The van der Waals surface area contributed by atoms with Crippen LogP contribution in [0.4, 0.5) is 5.95 Å². The number of hydrogen-bond donors (Lipinski definition) is 1. The van der Waals surface area contributed by atoms with Gasteiger partial charge in [-0.15, -0.1) is 0 Å². The highest BCUT2D eigenvalue weighted by atomic mass is 16.5. The van der Waals surface area contributed by atoms with E-state index in [4.69, 9.17) is 9.47 Å². The summed E-state index contributed by atoms with van der Waals surface area (Å²) in [5, 5.41) is 3.34. The Balaban J connectivity index is 1.52. The van der Waals surface area contributed by atoms with Crippen LogP contribution < -0.4 is 14.8 Å². The largest absolute Gasteiger partial charge is 0.481 e. The lowest BCUT2D eigenvalue weighted by Crippen LogP contribution is -2.31. The molecule has 0 bridgehead atoms. The molecular formula is C16H26N4O2. The molecule has 3 rings (SSSR count). The van der Waals surface area contributed by atoms with Crippen LogP contribution in [0.3, 0.4) is 0 Å². The van der Waals surface area contributed by atoms with Crippen molar-refractivity contribution in [1.29, 1.82) is 0 Å². The quantitative estimate of drug-likeness (QED) is 0.869. The van der Waals surface area contributed by atoms with Gasteiger partial charge in [-0.25, -0.2) is 0 Å². The zero-order valence-corrected chi connectivity index (χ0v) is 13.5. The van der Waals surface area contributed by atoms with Crippen LogP contribution >= 0.6 is 0 Å². The second-order valence-electron chi connectivity index (χ2n) is 6.25. The third-order valence-corrected chi connectivity index (χ3v) is 4.80. The summed E-state index contributed by atoms with van der Waals surface area (Å²) in [6.07, 6.45) is 6.83. The monoisotopic (exact) mass is 306 g/mol. The van der Waals surface area contributed by atoms with Crippen LogP contribution in [-0.2, 0) is 0 Å². The van der Waals surface area contributed by atoms with E-state index in [-0.39, 0.29) is 0 Å². The lowest BCUT2D eigenvalue weighted by molar-refractivity contribution is 0.238. The van der Waals surface area contributed by atoms with Crippen molar-refractivity contribution >= 4 is 5.95 Å². The van der Waals surface area contributed by atoms with Crippen LogP contribution in [0, 0.1) is 5.92 Å². The van der Waals surface area contributed by atoms with E-state index < -0.39 is 0 Å². The molecule has 6 nitrogen and oxygen atoms in total. The summed E-state index contributed by atoms with van der Waals surface area (Å²) in [5.41, 5.74) is 0. The van der Waals surface area contributed by atoms with Crippen LogP contribution in [0.15, 0.2) is 6.07 Å². The topological polar surface area (TPSA) is 59.5 Å². The summed E-state index contributed by atoms with van der Waals surface area (Å²) in [6, 6.07) is 2.51. The first-order valence-corrected chi connectivity index (χ1v) is 8.23. The first kappa shape index (κ1) is 15.3. The van der Waals surface area contributed by atoms with Crippen molar-refractivity contribution < 1.29 is 9.47 Å². The van der Waals surface area contributed by atoms with Crippen LogP contribution in [-0.4, -0.2) is 54.8 Å². The van der Waals surface area contributed by atoms with Crippen molar-refractivity contribution in [2.24, 2.45) is 5.92 Å². The predicted molar refractivity (Wildman–Crippen MR) is 85.6 cm³/mol. The molecule has 1 aliphatic heterocycles. The van der Waals surface area contributed by atoms with Gasteiger partial charge in [-0.3, -0.25) is 0 Å².